The molecule has 0 saturated carbocycles. The highest BCUT2D eigenvalue weighted by atomic mass is 15.3. The van der Waals surface area contributed by atoms with E-state index in [1.807, 2.05) is 17.8 Å². The molecule has 5 nitrogen and oxygen atoms in total. The molecule has 1 aromatic heterocycles. The molecule has 0 unspecified atom stereocenters. The Bertz CT molecular complexity index is 643. The number of aryl methyl sites for hydroxylation is 2. The van der Waals surface area contributed by atoms with Crippen LogP contribution in [-0.4, -0.2) is 35.9 Å². The van der Waals surface area contributed by atoms with Gasteiger partial charge in [-0.3, -0.25) is 9.67 Å². The zero-order chi connectivity index (χ0) is 16.7. The first-order valence-corrected chi connectivity index (χ1v) is 8.09. The van der Waals surface area contributed by atoms with Crippen molar-refractivity contribution in [3.05, 3.63) is 52.8 Å². The van der Waals surface area contributed by atoms with Gasteiger partial charge in [-0.1, -0.05) is 30.3 Å². The number of nitrogens with one attached hydrogen (secondary N) is 2. The van der Waals surface area contributed by atoms with Crippen LogP contribution in [0, 0.1) is 13.8 Å². The van der Waals surface area contributed by atoms with E-state index in [9.17, 15) is 0 Å². The number of aliphatic imine (C=N–C) groups is 1. The Labute approximate surface area is 138 Å². The van der Waals surface area contributed by atoms with Gasteiger partial charge in [0.2, 0.25) is 0 Å². The van der Waals surface area contributed by atoms with Gasteiger partial charge in [0.15, 0.2) is 5.96 Å². The van der Waals surface area contributed by atoms with Crippen LogP contribution in [-0.2, 0) is 19.9 Å². The van der Waals surface area contributed by atoms with Crippen LogP contribution in [0.25, 0.3) is 0 Å². The van der Waals surface area contributed by atoms with Crippen LogP contribution in [0.1, 0.15) is 22.5 Å². The molecular formula is C18H27N5. The molecule has 0 amide bonds. The third-order valence-corrected chi connectivity index (χ3v) is 4.10. The first kappa shape index (κ1) is 17.1. The molecule has 0 aliphatic carbocycles. The molecule has 1 aromatic carbocycles. The molecule has 0 radical (unpaired) electrons. The van der Waals surface area contributed by atoms with Crippen LogP contribution in [0.4, 0.5) is 0 Å². The molecule has 0 aliphatic heterocycles. The first-order chi connectivity index (χ1) is 11.1. The second-order valence-electron chi connectivity index (χ2n) is 5.68. The van der Waals surface area contributed by atoms with Gasteiger partial charge >= 0.3 is 0 Å². The third kappa shape index (κ3) is 4.84. The number of rotatable bonds is 6. The highest BCUT2D eigenvalue weighted by Crippen LogP contribution is 2.11. The van der Waals surface area contributed by atoms with Crippen molar-refractivity contribution in [1.82, 2.24) is 20.4 Å². The molecule has 23 heavy (non-hydrogen) atoms. The van der Waals surface area contributed by atoms with E-state index in [0.717, 1.165) is 37.6 Å². The van der Waals surface area contributed by atoms with E-state index >= 15 is 0 Å². The molecule has 0 saturated heterocycles. The largest absolute Gasteiger partial charge is 0.356 e. The molecule has 1 heterocycles. The number of hydrogen-bond donors (Lipinski definition) is 2. The van der Waals surface area contributed by atoms with Crippen molar-refractivity contribution in [2.75, 3.05) is 20.1 Å². The summed E-state index contributed by atoms with van der Waals surface area (Å²) in [5.74, 6) is 0.847. The maximum atomic E-state index is 4.45. The van der Waals surface area contributed by atoms with Gasteiger partial charge < -0.3 is 10.6 Å². The number of guanidine groups is 1. The van der Waals surface area contributed by atoms with Crippen LogP contribution in [0.15, 0.2) is 35.3 Å². The van der Waals surface area contributed by atoms with Crippen LogP contribution in [0.5, 0.6) is 0 Å². The molecule has 124 valence electrons. The van der Waals surface area contributed by atoms with E-state index in [1.165, 1.54) is 16.8 Å². The third-order valence-electron chi connectivity index (χ3n) is 4.10. The molecular weight excluding hydrogens is 286 g/mol. The van der Waals surface area contributed by atoms with Gasteiger partial charge in [0.25, 0.3) is 0 Å². The minimum Gasteiger partial charge on any atom is -0.356 e. The second-order valence-corrected chi connectivity index (χ2v) is 5.68. The van der Waals surface area contributed by atoms with Gasteiger partial charge in [-0.15, -0.1) is 0 Å². The summed E-state index contributed by atoms with van der Waals surface area (Å²) in [6.07, 6.45) is 1.94. The minimum absolute atomic E-state index is 0.846. The van der Waals surface area contributed by atoms with Crippen molar-refractivity contribution in [2.24, 2.45) is 12.0 Å². The SMILES string of the molecule is CN=C(NCCc1ccccc1)NCCc1c(C)nn(C)c1C. The Balaban J connectivity index is 1.75. The minimum atomic E-state index is 0.846. The Hall–Kier alpha value is -2.30. The lowest BCUT2D eigenvalue weighted by molar-refractivity contribution is 0.728. The van der Waals surface area contributed by atoms with Gasteiger partial charge in [0.1, 0.15) is 0 Å². The van der Waals surface area contributed by atoms with E-state index in [1.54, 1.807) is 7.05 Å². The topological polar surface area (TPSA) is 54.2 Å². The molecule has 5 heteroatoms. The fourth-order valence-electron chi connectivity index (χ4n) is 2.68. The van der Waals surface area contributed by atoms with Crippen LogP contribution >= 0.6 is 0 Å². The van der Waals surface area contributed by atoms with E-state index in [-0.39, 0.29) is 0 Å². The number of nitrogens with zero attached hydrogens (tertiary/aromatic N) is 3. The molecule has 0 spiro atoms. The van der Waals surface area contributed by atoms with E-state index < -0.39 is 0 Å². The Kier molecular flexibility index (Phi) is 6.20. The zero-order valence-corrected chi connectivity index (χ0v) is 14.6. The van der Waals surface area contributed by atoms with E-state index in [0.29, 0.717) is 0 Å². The maximum Gasteiger partial charge on any atom is 0.190 e. The Morgan fingerprint density at radius 3 is 2.30 bits per heavy atom. The van der Waals surface area contributed by atoms with Gasteiger partial charge in [0, 0.05) is 32.9 Å². The average molecular weight is 313 g/mol. The highest BCUT2D eigenvalue weighted by molar-refractivity contribution is 5.79. The lowest BCUT2D eigenvalue weighted by Crippen LogP contribution is -2.39. The highest BCUT2D eigenvalue weighted by Gasteiger charge is 2.08. The van der Waals surface area contributed by atoms with Gasteiger partial charge in [-0.2, -0.15) is 5.10 Å². The summed E-state index contributed by atoms with van der Waals surface area (Å²) in [6.45, 7) is 5.89. The van der Waals surface area contributed by atoms with E-state index in [2.05, 4.69) is 58.8 Å². The lowest BCUT2D eigenvalue weighted by atomic mass is 10.1. The van der Waals surface area contributed by atoms with Gasteiger partial charge in [-0.05, 0) is 37.8 Å². The number of benzene rings is 1. The van der Waals surface area contributed by atoms with Gasteiger partial charge in [0.05, 0.1) is 5.69 Å². The molecule has 2 N–H and O–H groups in total. The lowest BCUT2D eigenvalue weighted by Gasteiger charge is -2.12. The Morgan fingerprint density at radius 2 is 1.74 bits per heavy atom. The van der Waals surface area contributed by atoms with Crippen molar-refractivity contribution >= 4 is 5.96 Å². The summed E-state index contributed by atoms with van der Waals surface area (Å²) in [4.78, 5) is 4.27. The monoisotopic (exact) mass is 313 g/mol. The fourth-order valence-corrected chi connectivity index (χ4v) is 2.68. The molecule has 0 bridgehead atoms. The fraction of sp³-hybridized carbons (Fsp3) is 0.444. The molecule has 0 aliphatic rings. The second kappa shape index (κ2) is 8.36. The van der Waals surface area contributed by atoms with Crippen molar-refractivity contribution in [3.63, 3.8) is 0 Å². The number of aromatic nitrogens is 2. The Morgan fingerprint density at radius 1 is 1.09 bits per heavy atom. The summed E-state index contributed by atoms with van der Waals surface area (Å²) in [5, 5.41) is 11.2. The maximum absolute atomic E-state index is 4.45. The van der Waals surface area contributed by atoms with Crippen molar-refractivity contribution in [2.45, 2.75) is 26.7 Å². The van der Waals surface area contributed by atoms with Crippen LogP contribution in [0.3, 0.4) is 0 Å². The summed E-state index contributed by atoms with van der Waals surface area (Å²) >= 11 is 0. The van der Waals surface area contributed by atoms with Crippen molar-refractivity contribution in [3.8, 4) is 0 Å². The quantitative estimate of drug-likeness (QED) is 0.633. The van der Waals surface area contributed by atoms with Crippen LogP contribution in [0.2, 0.25) is 0 Å². The first-order valence-electron chi connectivity index (χ1n) is 8.09. The van der Waals surface area contributed by atoms with Crippen molar-refractivity contribution in [1.29, 1.82) is 0 Å². The predicted molar refractivity (Wildman–Crippen MR) is 95.9 cm³/mol. The summed E-state index contributed by atoms with van der Waals surface area (Å²) in [7, 11) is 3.79. The van der Waals surface area contributed by atoms with E-state index in [4.69, 9.17) is 0 Å². The molecule has 0 atom stereocenters. The average Bonchev–Trinajstić information content (AvgIpc) is 2.80. The predicted octanol–water partition coefficient (Wildman–Crippen LogP) is 1.99. The molecule has 2 rings (SSSR count). The summed E-state index contributed by atoms with van der Waals surface area (Å²) < 4.78 is 1.94. The van der Waals surface area contributed by atoms with Gasteiger partial charge in [-0.25, -0.2) is 0 Å². The normalized spacial score (nSPS) is 11.6. The number of hydrogen-bond acceptors (Lipinski definition) is 2. The molecule has 0 fully saturated rings. The summed E-state index contributed by atoms with van der Waals surface area (Å²) in [5.41, 5.74) is 4.99. The standard InChI is InChI=1S/C18H27N5/c1-14-17(15(2)23(4)22-14)11-13-21-18(19-3)20-12-10-16-8-6-5-7-9-16/h5-9H,10-13H2,1-4H3,(H2,19,20,21). The molecule has 2 aromatic rings. The summed E-state index contributed by atoms with van der Waals surface area (Å²) in [6, 6.07) is 10.5. The van der Waals surface area contributed by atoms with Crippen LogP contribution < -0.4 is 10.6 Å². The smallest absolute Gasteiger partial charge is 0.190 e. The zero-order valence-electron chi connectivity index (χ0n) is 14.6. The van der Waals surface area contributed by atoms with Crippen molar-refractivity contribution < 1.29 is 0 Å².